The SMILES string of the molecule is O=C(Cn1ccc(C(=O)C2CC2)c1)Nc1ccc(F)cc1. The maximum atomic E-state index is 12.8. The van der Waals surface area contributed by atoms with Gasteiger partial charge in [-0.1, -0.05) is 0 Å². The van der Waals surface area contributed by atoms with Gasteiger partial charge in [0.1, 0.15) is 12.4 Å². The second-order valence-electron chi connectivity index (χ2n) is 5.27. The number of benzene rings is 1. The molecular formula is C16H15FN2O2. The molecule has 1 aliphatic carbocycles. The van der Waals surface area contributed by atoms with Gasteiger partial charge >= 0.3 is 0 Å². The molecule has 0 atom stereocenters. The summed E-state index contributed by atoms with van der Waals surface area (Å²) in [6, 6.07) is 7.33. The van der Waals surface area contributed by atoms with Crippen LogP contribution in [0.25, 0.3) is 0 Å². The molecule has 1 aliphatic rings. The standard InChI is InChI=1S/C16H15FN2O2/c17-13-3-5-14(6-4-13)18-15(20)10-19-8-7-12(9-19)16(21)11-1-2-11/h3-9,11H,1-2,10H2,(H,18,20). The summed E-state index contributed by atoms with van der Waals surface area (Å²) in [7, 11) is 0. The van der Waals surface area contributed by atoms with E-state index in [9.17, 15) is 14.0 Å². The number of hydrogen-bond donors (Lipinski definition) is 1. The van der Waals surface area contributed by atoms with Crippen LogP contribution in [0.4, 0.5) is 10.1 Å². The van der Waals surface area contributed by atoms with E-state index in [1.807, 2.05) is 0 Å². The minimum Gasteiger partial charge on any atom is -0.344 e. The lowest BCUT2D eigenvalue weighted by molar-refractivity contribution is -0.116. The topological polar surface area (TPSA) is 51.1 Å². The Hall–Kier alpha value is -2.43. The zero-order valence-corrected chi connectivity index (χ0v) is 11.4. The van der Waals surface area contributed by atoms with E-state index in [0.29, 0.717) is 11.3 Å². The summed E-state index contributed by atoms with van der Waals surface area (Å²) in [5.74, 6) is -0.231. The van der Waals surface area contributed by atoms with Crippen molar-refractivity contribution in [2.24, 2.45) is 5.92 Å². The number of Topliss-reactive ketones (excluding diaryl/α,β-unsaturated/α-hetero) is 1. The third-order valence-corrected chi connectivity index (χ3v) is 3.44. The van der Waals surface area contributed by atoms with Gasteiger partial charge in [0.05, 0.1) is 0 Å². The first-order valence-corrected chi connectivity index (χ1v) is 6.87. The Morgan fingerprint density at radius 1 is 1.19 bits per heavy atom. The molecule has 5 heteroatoms. The summed E-state index contributed by atoms with van der Waals surface area (Å²) < 4.78 is 14.4. The molecule has 0 radical (unpaired) electrons. The number of aromatic nitrogens is 1. The summed E-state index contributed by atoms with van der Waals surface area (Å²) in [6.07, 6.45) is 5.36. The summed E-state index contributed by atoms with van der Waals surface area (Å²) in [4.78, 5) is 23.8. The lowest BCUT2D eigenvalue weighted by atomic mass is 10.1. The van der Waals surface area contributed by atoms with Gasteiger partial charge in [0.2, 0.25) is 5.91 Å². The normalized spacial score (nSPS) is 14.0. The first kappa shape index (κ1) is 13.5. The molecule has 1 aromatic carbocycles. The average Bonchev–Trinajstić information content (AvgIpc) is 3.21. The van der Waals surface area contributed by atoms with Crippen LogP contribution in [0.3, 0.4) is 0 Å². The van der Waals surface area contributed by atoms with E-state index in [-0.39, 0.29) is 30.0 Å². The van der Waals surface area contributed by atoms with Gasteiger partial charge in [-0.25, -0.2) is 4.39 Å². The number of ketones is 1. The molecule has 4 nitrogen and oxygen atoms in total. The number of carbonyl (C=O) groups is 2. The van der Waals surface area contributed by atoms with Crippen LogP contribution in [-0.4, -0.2) is 16.3 Å². The molecule has 1 fully saturated rings. The van der Waals surface area contributed by atoms with Crippen LogP contribution in [0.1, 0.15) is 23.2 Å². The van der Waals surface area contributed by atoms with Crippen molar-refractivity contribution in [3.05, 3.63) is 54.1 Å². The van der Waals surface area contributed by atoms with Gasteiger partial charge in [-0.05, 0) is 43.2 Å². The van der Waals surface area contributed by atoms with Crippen LogP contribution in [0.2, 0.25) is 0 Å². The lowest BCUT2D eigenvalue weighted by Gasteiger charge is -2.05. The van der Waals surface area contributed by atoms with E-state index < -0.39 is 0 Å². The molecule has 1 aromatic heterocycles. The summed E-state index contributed by atoms with van der Waals surface area (Å²) in [5, 5.41) is 2.68. The van der Waals surface area contributed by atoms with Crippen LogP contribution < -0.4 is 5.32 Å². The number of nitrogens with zero attached hydrogens (tertiary/aromatic N) is 1. The predicted molar refractivity (Wildman–Crippen MR) is 76.5 cm³/mol. The van der Waals surface area contributed by atoms with Crippen molar-refractivity contribution >= 4 is 17.4 Å². The zero-order chi connectivity index (χ0) is 14.8. The molecule has 1 amide bonds. The van der Waals surface area contributed by atoms with Crippen LogP contribution in [0, 0.1) is 11.7 Å². The van der Waals surface area contributed by atoms with Gasteiger partial charge in [0.15, 0.2) is 5.78 Å². The number of anilines is 1. The van der Waals surface area contributed by atoms with Gasteiger partial charge in [0.25, 0.3) is 0 Å². The highest BCUT2D eigenvalue weighted by Gasteiger charge is 2.30. The first-order valence-electron chi connectivity index (χ1n) is 6.87. The van der Waals surface area contributed by atoms with Gasteiger partial charge in [-0.3, -0.25) is 9.59 Å². The highest BCUT2D eigenvalue weighted by molar-refractivity contribution is 5.99. The molecule has 1 N–H and O–H groups in total. The summed E-state index contributed by atoms with van der Waals surface area (Å²) >= 11 is 0. The van der Waals surface area contributed by atoms with E-state index in [4.69, 9.17) is 0 Å². The molecule has 0 unspecified atom stereocenters. The molecule has 0 saturated heterocycles. The highest BCUT2D eigenvalue weighted by atomic mass is 19.1. The van der Waals surface area contributed by atoms with E-state index in [1.54, 1.807) is 23.0 Å². The third-order valence-electron chi connectivity index (χ3n) is 3.44. The smallest absolute Gasteiger partial charge is 0.244 e. The van der Waals surface area contributed by atoms with E-state index >= 15 is 0 Å². The second-order valence-corrected chi connectivity index (χ2v) is 5.27. The Bertz CT molecular complexity index is 672. The lowest BCUT2D eigenvalue weighted by Crippen LogP contribution is -2.17. The maximum Gasteiger partial charge on any atom is 0.244 e. The highest BCUT2D eigenvalue weighted by Crippen LogP contribution is 2.32. The Labute approximate surface area is 121 Å². The summed E-state index contributed by atoms with van der Waals surface area (Å²) in [5.41, 5.74) is 1.20. The molecule has 108 valence electrons. The fraction of sp³-hybridized carbons (Fsp3) is 0.250. The molecule has 0 spiro atoms. The van der Waals surface area contributed by atoms with Crippen LogP contribution >= 0.6 is 0 Å². The monoisotopic (exact) mass is 286 g/mol. The number of halogens is 1. The Kier molecular flexibility index (Phi) is 3.56. The number of carbonyl (C=O) groups excluding carboxylic acids is 2. The second kappa shape index (κ2) is 5.52. The van der Waals surface area contributed by atoms with Crippen molar-refractivity contribution in [2.45, 2.75) is 19.4 Å². The van der Waals surface area contributed by atoms with Gasteiger partial charge < -0.3 is 9.88 Å². The van der Waals surface area contributed by atoms with Crippen molar-refractivity contribution < 1.29 is 14.0 Å². The minimum absolute atomic E-state index is 0.120. The molecule has 1 saturated carbocycles. The zero-order valence-electron chi connectivity index (χ0n) is 11.4. The third kappa shape index (κ3) is 3.37. The molecule has 1 heterocycles. The predicted octanol–water partition coefficient (Wildman–Crippen LogP) is 2.86. The molecule has 2 aromatic rings. The quantitative estimate of drug-likeness (QED) is 0.859. The number of hydrogen-bond acceptors (Lipinski definition) is 2. The number of nitrogens with one attached hydrogen (secondary N) is 1. The molecule has 3 rings (SSSR count). The first-order chi connectivity index (χ1) is 10.1. The van der Waals surface area contributed by atoms with Crippen LogP contribution in [-0.2, 0) is 11.3 Å². The van der Waals surface area contributed by atoms with Crippen molar-refractivity contribution in [3.8, 4) is 0 Å². The van der Waals surface area contributed by atoms with Gasteiger partial charge in [-0.15, -0.1) is 0 Å². The Morgan fingerprint density at radius 2 is 1.90 bits per heavy atom. The molecule has 0 aliphatic heterocycles. The van der Waals surface area contributed by atoms with Crippen LogP contribution in [0.5, 0.6) is 0 Å². The van der Waals surface area contributed by atoms with E-state index in [2.05, 4.69) is 5.32 Å². The van der Waals surface area contributed by atoms with E-state index in [0.717, 1.165) is 12.8 Å². The van der Waals surface area contributed by atoms with Gasteiger partial charge in [-0.2, -0.15) is 0 Å². The molecular weight excluding hydrogens is 271 g/mol. The van der Waals surface area contributed by atoms with Crippen molar-refractivity contribution in [2.75, 3.05) is 5.32 Å². The van der Waals surface area contributed by atoms with Crippen molar-refractivity contribution in [1.29, 1.82) is 0 Å². The van der Waals surface area contributed by atoms with E-state index in [1.165, 1.54) is 24.3 Å². The Balaban J connectivity index is 1.59. The van der Waals surface area contributed by atoms with Crippen LogP contribution in [0.15, 0.2) is 42.7 Å². The molecule has 0 bridgehead atoms. The Morgan fingerprint density at radius 3 is 2.57 bits per heavy atom. The van der Waals surface area contributed by atoms with Gasteiger partial charge in [0, 0.05) is 29.6 Å². The summed E-state index contributed by atoms with van der Waals surface area (Å²) in [6.45, 7) is 0.120. The number of rotatable bonds is 5. The van der Waals surface area contributed by atoms with Crippen molar-refractivity contribution in [3.63, 3.8) is 0 Å². The fourth-order valence-electron chi connectivity index (χ4n) is 2.17. The minimum atomic E-state index is -0.346. The number of amides is 1. The average molecular weight is 286 g/mol. The molecule has 21 heavy (non-hydrogen) atoms. The fourth-order valence-corrected chi connectivity index (χ4v) is 2.17. The maximum absolute atomic E-state index is 12.8. The largest absolute Gasteiger partial charge is 0.344 e. The van der Waals surface area contributed by atoms with Crippen molar-refractivity contribution in [1.82, 2.24) is 4.57 Å².